The van der Waals surface area contributed by atoms with Crippen LogP contribution in [0.1, 0.15) is 18.7 Å². The van der Waals surface area contributed by atoms with Gasteiger partial charge in [0, 0.05) is 24.1 Å². The van der Waals surface area contributed by atoms with Gasteiger partial charge in [-0.25, -0.2) is 8.42 Å². The topological polar surface area (TPSA) is 64.8 Å². The van der Waals surface area contributed by atoms with Gasteiger partial charge in [0.25, 0.3) is 0 Å². The van der Waals surface area contributed by atoms with E-state index in [0.29, 0.717) is 12.2 Å². The molecule has 1 aliphatic heterocycles. The van der Waals surface area contributed by atoms with E-state index in [1.54, 1.807) is 23.5 Å². The Balaban J connectivity index is 1.43. The van der Waals surface area contributed by atoms with Crippen molar-refractivity contribution in [1.29, 1.82) is 0 Å². The monoisotopic (exact) mass is 431 g/mol. The van der Waals surface area contributed by atoms with Gasteiger partial charge in [0.05, 0.1) is 16.5 Å². The summed E-state index contributed by atoms with van der Waals surface area (Å²) >= 11 is 9.62. The van der Waals surface area contributed by atoms with E-state index < -0.39 is 9.84 Å². The summed E-state index contributed by atoms with van der Waals surface area (Å²) in [5.41, 5.74) is 0. The lowest BCUT2D eigenvalue weighted by Crippen LogP contribution is -2.11. The van der Waals surface area contributed by atoms with Crippen LogP contribution in [0.25, 0.3) is 0 Å². The second kappa shape index (κ2) is 8.99. The Bertz CT molecular complexity index is 855. The quantitative estimate of drug-likeness (QED) is 0.468. The molecule has 1 aliphatic rings. The van der Waals surface area contributed by atoms with E-state index >= 15 is 0 Å². The fourth-order valence-corrected chi connectivity index (χ4v) is 7.01. The highest BCUT2D eigenvalue weighted by atomic mass is 35.5. The third kappa shape index (κ3) is 5.41. The molecule has 26 heavy (non-hydrogen) atoms. The maximum atomic E-state index is 11.6. The van der Waals surface area contributed by atoms with Gasteiger partial charge in [-0.05, 0) is 36.6 Å². The summed E-state index contributed by atoms with van der Waals surface area (Å²) in [7, 11) is -0.885. The SMILES string of the molecule is Cn1c(CC2CCS(=O)(=O)C2)nnc1SCCCSc1ccccc1Cl. The molecular weight excluding hydrogens is 410 g/mol. The van der Waals surface area contributed by atoms with Gasteiger partial charge in [0.1, 0.15) is 5.82 Å². The maximum Gasteiger partial charge on any atom is 0.190 e. The fourth-order valence-electron chi connectivity index (χ4n) is 2.91. The molecule has 3 rings (SSSR count). The lowest BCUT2D eigenvalue weighted by molar-refractivity contribution is 0.552. The van der Waals surface area contributed by atoms with Crippen molar-refractivity contribution < 1.29 is 8.42 Å². The minimum absolute atomic E-state index is 0.174. The number of hydrogen-bond acceptors (Lipinski definition) is 6. The summed E-state index contributed by atoms with van der Waals surface area (Å²) < 4.78 is 25.2. The average molecular weight is 432 g/mol. The molecule has 9 heteroatoms. The van der Waals surface area contributed by atoms with E-state index in [2.05, 4.69) is 10.2 Å². The number of halogens is 1. The second-order valence-corrected chi connectivity index (χ2v) is 11.2. The first-order valence-corrected chi connectivity index (χ1v) is 12.7. The van der Waals surface area contributed by atoms with Crippen LogP contribution in [0.5, 0.6) is 0 Å². The number of aromatic nitrogens is 3. The smallest absolute Gasteiger partial charge is 0.190 e. The number of hydrogen-bond donors (Lipinski definition) is 0. The van der Waals surface area contributed by atoms with Crippen LogP contribution in [-0.2, 0) is 23.3 Å². The van der Waals surface area contributed by atoms with Crippen LogP contribution in [0, 0.1) is 5.92 Å². The zero-order chi connectivity index (χ0) is 18.6. The van der Waals surface area contributed by atoms with Crippen molar-refractivity contribution in [2.45, 2.75) is 29.3 Å². The Hall–Kier alpha value is -0.700. The lowest BCUT2D eigenvalue weighted by Gasteiger charge is -2.07. The molecule has 0 aliphatic carbocycles. The van der Waals surface area contributed by atoms with Crippen LogP contribution in [0.4, 0.5) is 0 Å². The van der Waals surface area contributed by atoms with Crippen molar-refractivity contribution in [2.75, 3.05) is 23.0 Å². The molecule has 2 aromatic rings. The first kappa shape index (κ1) is 20.0. The molecule has 0 spiro atoms. The number of thioether (sulfide) groups is 2. The Morgan fingerprint density at radius 3 is 2.73 bits per heavy atom. The lowest BCUT2D eigenvalue weighted by atomic mass is 10.1. The molecule has 142 valence electrons. The molecule has 0 N–H and O–H groups in total. The highest BCUT2D eigenvalue weighted by molar-refractivity contribution is 8.00. The van der Waals surface area contributed by atoms with Gasteiger partial charge in [0.15, 0.2) is 15.0 Å². The minimum Gasteiger partial charge on any atom is -0.309 e. The summed E-state index contributed by atoms with van der Waals surface area (Å²) in [5.74, 6) is 3.59. The molecule has 1 atom stereocenters. The van der Waals surface area contributed by atoms with E-state index in [1.165, 1.54) is 0 Å². The van der Waals surface area contributed by atoms with Gasteiger partial charge < -0.3 is 4.57 Å². The standard InChI is InChI=1S/C17H22ClN3O2S3/c1-21-16(11-13-7-10-26(22,23)12-13)19-20-17(21)25-9-4-8-24-15-6-3-2-5-14(15)18/h2-3,5-6,13H,4,7-12H2,1H3. The third-order valence-electron chi connectivity index (χ3n) is 4.34. The normalized spacial score (nSPS) is 19.1. The van der Waals surface area contributed by atoms with Crippen LogP contribution >= 0.6 is 35.1 Å². The molecular formula is C17H22ClN3O2S3. The molecule has 1 aromatic heterocycles. The zero-order valence-corrected chi connectivity index (χ0v) is 17.8. The minimum atomic E-state index is -2.84. The van der Waals surface area contributed by atoms with Crippen LogP contribution in [-0.4, -0.2) is 46.2 Å². The predicted molar refractivity (Wildman–Crippen MR) is 109 cm³/mol. The van der Waals surface area contributed by atoms with E-state index in [4.69, 9.17) is 11.6 Å². The van der Waals surface area contributed by atoms with Crippen molar-refractivity contribution in [2.24, 2.45) is 13.0 Å². The van der Waals surface area contributed by atoms with Gasteiger partial charge in [-0.15, -0.1) is 22.0 Å². The number of benzene rings is 1. The molecule has 5 nitrogen and oxygen atoms in total. The second-order valence-electron chi connectivity index (χ2n) is 6.41. The van der Waals surface area contributed by atoms with Gasteiger partial charge in [0.2, 0.25) is 0 Å². The fraction of sp³-hybridized carbons (Fsp3) is 0.529. The molecule has 1 unspecified atom stereocenters. The first-order chi connectivity index (χ1) is 12.4. The van der Waals surface area contributed by atoms with Crippen molar-refractivity contribution in [3.8, 4) is 0 Å². The summed E-state index contributed by atoms with van der Waals surface area (Å²) in [5, 5.41) is 10.2. The average Bonchev–Trinajstić information content (AvgIpc) is 3.12. The molecule has 1 saturated heterocycles. The Morgan fingerprint density at radius 1 is 1.23 bits per heavy atom. The summed E-state index contributed by atoms with van der Waals surface area (Å²) in [4.78, 5) is 1.12. The highest BCUT2D eigenvalue weighted by Gasteiger charge is 2.29. The number of nitrogens with zero attached hydrogens (tertiary/aromatic N) is 3. The largest absolute Gasteiger partial charge is 0.309 e. The van der Waals surface area contributed by atoms with Crippen molar-refractivity contribution >= 4 is 45.0 Å². The number of sulfone groups is 1. The predicted octanol–water partition coefficient (Wildman–Crippen LogP) is 3.72. The van der Waals surface area contributed by atoms with Crippen LogP contribution in [0.3, 0.4) is 0 Å². The molecule has 0 amide bonds. The maximum absolute atomic E-state index is 11.6. The molecule has 0 saturated carbocycles. The molecule has 1 aromatic carbocycles. The van der Waals surface area contributed by atoms with Crippen molar-refractivity contribution in [1.82, 2.24) is 14.8 Å². The number of rotatable bonds is 8. The van der Waals surface area contributed by atoms with Crippen LogP contribution in [0.2, 0.25) is 5.02 Å². The summed E-state index contributed by atoms with van der Waals surface area (Å²) in [6, 6.07) is 7.89. The Morgan fingerprint density at radius 2 is 2.00 bits per heavy atom. The Kier molecular flexibility index (Phi) is 6.93. The van der Waals surface area contributed by atoms with E-state index in [-0.39, 0.29) is 11.7 Å². The zero-order valence-electron chi connectivity index (χ0n) is 14.6. The molecule has 0 bridgehead atoms. The molecule has 1 fully saturated rings. The van der Waals surface area contributed by atoms with Crippen LogP contribution < -0.4 is 0 Å². The van der Waals surface area contributed by atoms with Crippen molar-refractivity contribution in [3.05, 3.63) is 35.1 Å². The van der Waals surface area contributed by atoms with Gasteiger partial charge >= 0.3 is 0 Å². The van der Waals surface area contributed by atoms with Gasteiger partial charge in [-0.2, -0.15) is 0 Å². The highest BCUT2D eigenvalue weighted by Crippen LogP contribution is 2.28. The van der Waals surface area contributed by atoms with Gasteiger partial charge in [-0.3, -0.25) is 0 Å². The molecule has 2 heterocycles. The van der Waals surface area contributed by atoms with E-state index in [1.807, 2.05) is 35.9 Å². The summed E-state index contributed by atoms with van der Waals surface area (Å²) in [6.07, 6.45) is 2.46. The molecule has 0 radical (unpaired) electrons. The Labute approximate surface area is 168 Å². The van der Waals surface area contributed by atoms with Gasteiger partial charge in [-0.1, -0.05) is 35.5 Å². The first-order valence-electron chi connectivity index (χ1n) is 8.53. The van der Waals surface area contributed by atoms with Crippen LogP contribution in [0.15, 0.2) is 34.3 Å². The van der Waals surface area contributed by atoms with E-state index in [9.17, 15) is 8.42 Å². The van der Waals surface area contributed by atoms with E-state index in [0.717, 1.165) is 45.2 Å². The summed E-state index contributed by atoms with van der Waals surface area (Å²) in [6.45, 7) is 0. The third-order valence-corrected chi connectivity index (χ3v) is 8.88. The van der Waals surface area contributed by atoms with Crippen molar-refractivity contribution in [3.63, 3.8) is 0 Å².